The predicted octanol–water partition coefficient (Wildman–Crippen LogP) is 3.31. The maximum absolute atomic E-state index is 13.4. The SMILES string of the molecule is CCCC[C@@H](O)[C@H](O)[C@H](Cc1cc(F)cc(F)c1)NC(=O)OC(C)(C)C. The van der Waals surface area contributed by atoms with Crippen LogP contribution >= 0.6 is 0 Å². The fourth-order valence-electron chi connectivity index (χ4n) is 2.55. The molecule has 0 spiro atoms. The maximum atomic E-state index is 13.4. The number of benzene rings is 1. The van der Waals surface area contributed by atoms with Crippen molar-refractivity contribution in [1.29, 1.82) is 0 Å². The zero-order valence-corrected chi connectivity index (χ0v) is 15.8. The molecule has 0 heterocycles. The van der Waals surface area contributed by atoms with Crippen LogP contribution in [0.1, 0.15) is 52.5 Å². The average molecular weight is 373 g/mol. The van der Waals surface area contributed by atoms with Gasteiger partial charge in [-0.25, -0.2) is 13.6 Å². The van der Waals surface area contributed by atoms with Crippen LogP contribution < -0.4 is 5.32 Å². The predicted molar refractivity (Wildman–Crippen MR) is 94.8 cm³/mol. The molecule has 26 heavy (non-hydrogen) atoms. The minimum atomic E-state index is -1.31. The summed E-state index contributed by atoms with van der Waals surface area (Å²) in [5.41, 5.74) is -0.490. The molecule has 7 heteroatoms. The highest BCUT2D eigenvalue weighted by molar-refractivity contribution is 5.68. The molecular weight excluding hydrogens is 344 g/mol. The molecule has 148 valence electrons. The van der Waals surface area contributed by atoms with E-state index >= 15 is 0 Å². The Morgan fingerprint density at radius 2 is 1.77 bits per heavy atom. The molecule has 0 unspecified atom stereocenters. The lowest BCUT2D eigenvalue weighted by Gasteiger charge is -2.29. The van der Waals surface area contributed by atoms with Crippen molar-refractivity contribution in [2.45, 2.75) is 77.2 Å². The zero-order chi connectivity index (χ0) is 19.9. The Morgan fingerprint density at radius 3 is 2.27 bits per heavy atom. The van der Waals surface area contributed by atoms with Crippen LogP contribution in [0.3, 0.4) is 0 Å². The molecule has 1 aromatic carbocycles. The minimum Gasteiger partial charge on any atom is -0.444 e. The van der Waals surface area contributed by atoms with Crippen LogP contribution in [0.15, 0.2) is 18.2 Å². The van der Waals surface area contributed by atoms with E-state index in [1.54, 1.807) is 20.8 Å². The molecule has 1 rings (SSSR count). The van der Waals surface area contributed by atoms with Gasteiger partial charge in [0.1, 0.15) is 23.3 Å². The van der Waals surface area contributed by atoms with Gasteiger partial charge in [0, 0.05) is 6.07 Å². The van der Waals surface area contributed by atoms with Crippen LogP contribution in [0.2, 0.25) is 0 Å². The third-order valence-electron chi connectivity index (χ3n) is 3.74. The number of rotatable bonds is 8. The first kappa shape index (κ1) is 22.3. The molecule has 1 aromatic rings. The Balaban J connectivity index is 2.94. The van der Waals surface area contributed by atoms with Crippen LogP contribution in [0, 0.1) is 11.6 Å². The highest BCUT2D eigenvalue weighted by Gasteiger charge is 2.29. The van der Waals surface area contributed by atoms with E-state index < -0.39 is 41.6 Å². The van der Waals surface area contributed by atoms with E-state index in [2.05, 4.69) is 5.32 Å². The Kier molecular flexibility index (Phi) is 8.43. The molecule has 3 atom stereocenters. The number of carbonyl (C=O) groups is 1. The molecule has 0 saturated carbocycles. The summed E-state index contributed by atoms with van der Waals surface area (Å²) in [6.07, 6.45) is -1.33. The summed E-state index contributed by atoms with van der Waals surface area (Å²) in [5.74, 6) is -1.51. The normalized spacial score (nSPS) is 15.2. The molecule has 0 fully saturated rings. The highest BCUT2D eigenvalue weighted by Crippen LogP contribution is 2.16. The molecule has 0 aromatic heterocycles. The van der Waals surface area contributed by atoms with Gasteiger partial charge in [-0.05, 0) is 51.3 Å². The lowest BCUT2D eigenvalue weighted by atomic mass is 9.95. The number of hydrogen-bond donors (Lipinski definition) is 3. The molecule has 5 nitrogen and oxygen atoms in total. The van der Waals surface area contributed by atoms with Crippen LogP contribution in [0.25, 0.3) is 0 Å². The van der Waals surface area contributed by atoms with Crippen molar-refractivity contribution in [3.05, 3.63) is 35.4 Å². The fourth-order valence-corrected chi connectivity index (χ4v) is 2.55. The number of aliphatic hydroxyl groups excluding tert-OH is 2. The van der Waals surface area contributed by atoms with Crippen molar-refractivity contribution in [3.63, 3.8) is 0 Å². The van der Waals surface area contributed by atoms with Gasteiger partial charge in [0.2, 0.25) is 0 Å². The number of unbranched alkanes of at least 4 members (excludes halogenated alkanes) is 1. The molecule has 0 saturated heterocycles. The second kappa shape index (κ2) is 9.83. The molecule has 0 radical (unpaired) electrons. The lowest BCUT2D eigenvalue weighted by Crippen LogP contribution is -2.51. The van der Waals surface area contributed by atoms with E-state index in [0.29, 0.717) is 12.8 Å². The average Bonchev–Trinajstić information content (AvgIpc) is 2.48. The summed E-state index contributed by atoms with van der Waals surface area (Å²) in [7, 11) is 0. The number of amides is 1. The third-order valence-corrected chi connectivity index (χ3v) is 3.74. The molecule has 1 amide bonds. The van der Waals surface area contributed by atoms with Crippen molar-refractivity contribution in [2.24, 2.45) is 0 Å². The zero-order valence-electron chi connectivity index (χ0n) is 15.8. The van der Waals surface area contributed by atoms with Gasteiger partial charge >= 0.3 is 6.09 Å². The van der Waals surface area contributed by atoms with Gasteiger partial charge in [-0.1, -0.05) is 19.8 Å². The Labute approximate surface area is 153 Å². The van der Waals surface area contributed by atoms with Gasteiger partial charge in [-0.2, -0.15) is 0 Å². The number of carbonyl (C=O) groups excluding carboxylic acids is 1. The number of halogens is 2. The van der Waals surface area contributed by atoms with Crippen molar-refractivity contribution in [2.75, 3.05) is 0 Å². The van der Waals surface area contributed by atoms with Gasteiger partial charge in [0.05, 0.1) is 12.1 Å². The Morgan fingerprint density at radius 1 is 1.19 bits per heavy atom. The number of nitrogens with one attached hydrogen (secondary N) is 1. The number of ether oxygens (including phenoxy) is 1. The monoisotopic (exact) mass is 373 g/mol. The maximum Gasteiger partial charge on any atom is 0.407 e. The first-order chi connectivity index (χ1) is 12.0. The summed E-state index contributed by atoms with van der Waals surface area (Å²) in [5, 5.41) is 23.1. The van der Waals surface area contributed by atoms with Crippen molar-refractivity contribution >= 4 is 6.09 Å². The second-order valence-corrected chi connectivity index (χ2v) is 7.43. The van der Waals surface area contributed by atoms with Gasteiger partial charge in [0.25, 0.3) is 0 Å². The minimum absolute atomic E-state index is 0.0573. The van der Waals surface area contributed by atoms with Crippen LogP contribution in [-0.2, 0) is 11.2 Å². The molecule has 0 aliphatic carbocycles. The van der Waals surface area contributed by atoms with E-state index in [-0.39, 0.29) is 12.0 Å². The Bertz CT molecular complexity index is 569. The van der Waals surface area contributed by atoms with E-state index in [4.69, 9.17) is 4.74 Å². The van der Waals surface area contributed by atoms with Gasteiger partial charge in [0.15, 0.2) is 0 Å². The van der Waals surface area contributed by atoms with Crippen molar-refractivity contribution in [1.82, 2.24) is 5.32 Å². The summed E-state index contributed by atoms with van der Waals surface area (Å²) < 4.78 is 32.0. The second-order valence-electron chi connectivity index (χ2n) is 7.43. The van der Waals surface area contributed by atoms with E-state index in [1.807, 2.05) is 6.92 Å². The first-order valence-electron chi connectivity index (χ1n) is 8.82. The summed E-state index contributed by atoms with van der Waals surface area (Å²) in [6, 6.07) is 2.03. The number of hydrogen-bond acceptors (Lipinski definition) is 4. The standard InChI is InChI=1S/C19H29F2NO4/c1-5-6-7-16(23)17(24)15(22-18(25)26-19(2,3)4)10-12-8-13(20)11-14(21)9-12/h8-9,11,15-17,23-24H,5-7,10H2,1-4H3,(H,22,25)/t15-,16+,17+/m0/s1. The number of aliphatic hydroxyl groups is 2. The highest BCUT2D eigenvalue weighted by atomic mass is 19.1. The van der Waals surface area contributed by atoms with Gasteiger partial charge in [-0.3, -0.25) is 0 Å². The number of alkyl carbamates (subject to hydrolysis) is 1. The van der Waals surface area contributed by atoms with Crippen molar-refractivity contribution < 1.29 is 28.5 Å². The van der Waals surface area contributed by atoms with E-state index in [0.717, 1.165) is 24.6 Å². The van der Waals surface area contributed by atoms with Gasteiger partial charge in [-0.15, -0.1) is 0 Å². The Hall–Kier alpha value is -1.73. The summed E-state index contributed by atoms with van der Waals surface area (Å²) >= 11 is 0. The largest absolute Gasteiger partial charge is 0.444 e. The molecular formula is C19H29F2NO4. The smallest absolute Gasteiger partial charge is 0.407 e. The van der Waals surface area contributed by atoms with Crippen LogP contribution in [0.5, 0.6) is 0 Å². The van der Waals surface area contributed by atoms with Crippen molar-refractivity contribution in [3.8, 4) is 0 Å². The quantitative estimate of drug-likeness (QED) is 0.653. The van der Waals surface area contributed by atoms with Crippen LogP contribution in [0.4, 0.5) is 13.6 Å². The summed E-state index contributed by atoms with van der Waals surface area (Å²) in [6.45, 7) is 7.02. The lowest BCUT2D eigenvalue weighted by molar-refractivity contribution is -0.0134. The summed E-state index contributed by atoms with van der Waals surface area (Å²) in [4.78, 5) is 12.1. The first-order valence-corrected chi connectivity index (χ1v) is 8.82. The van der Waals surface area contributed by atoms with E-state index in [1.165, 1.54) is 0 Å². The molecule has 0 aliphatic rings. The molecule has 3 N–H and O–H groups in total. The molecule has 0 bridgehead atoms. The van der Waals surface area contributed by atoms with E-state index in [9.17, 15) is 23.8 Å². The van der Waals surface area contributed by atoms with Gasteiger partial charge < -0.3 is 20.3 Å². The van der Waals surface area contributed by atoms with Crippen LogP contribution in [-0.4, -0.2) is 40.2 Å². The third kappa shape index (κ3) is 8.10. The molecule has 0 aliphatic heterocycles. The topological polar surface area (TPSA) is 78.8 Å². The fraction of sp³-hybridized carbons (Fsp3) is 0.632.